The normalized spacial score (nSPS) is 19.0. The van der Waals surface area contributed by atoms with Crippen molar-refractivity contribution in [3.8, 4) is 5.75 Å². The van der Waals surface area contributed by atoms with Crippen LogP contribution in [0.3, 0.4) is 0 Å². The van der Waals surface area contributed by atoms with Gasteiger partial charge in [0.05, 0.1) is 31.0 Å². The Morgan fingerprint density at radius 1 is 1.20 bits per heavy atom. The Kier molecular flexibility index (Phi) is 5.91. The molecule has 0 radical (unpaired) electrons. The molecule has 25 heavy (non-hydrogen) atoms. The minimum atomic E-state index is -0.506. The Bertz CT molecular complexity index is 668. The van der Waals surface area contributed by atoms with Gasteiger partial charge >= 0.3 is 13.1 Å². The van der Waals surface area contributed by atoms with Gasteiger partial charge in [-0.2, -0.15) is 12.6 Å². The molecule has 5 nitrogen and oxygen atoms in total. The molecular formula is C18H25BO5S. The van der Waals surface area contributed by atoms with Gasteiger partial charge in [-0.25, -0.2) is 4.79 Å². The van der Waals surface area contributed by atoms with E-state index in [4.69, 9.17) is 18.8 Å². The first kappa shape index (κ1) is 19.9. The van der Waals surface area contributed by atoms with Crippen LogP contribution in [0.1, 0.15) is 43.6 Å². The summed E-state index contributed by atoms with van der Waals surface area (Å²) in [5.41, 5.74) is 1.17. The predicted molar refractivity (Wildman–Crippen MR) is 102 cm³/mol. The van der Waals surface area contributed by atoms with Crippen LogP contribution in [0.4, 0.5) is 0 Å². The van der Waals surface area contributed by atoms with E-state index in [2.05, 4.69) is 12.6 Å². The Morgan fingerprint density at radius 3 is 2.28 bits per heavy atom. The number of hydrogen-bond donors (Lipinski definition) is 1. The molecule has 0 spiro atoms. The third kappa shape index (κ3) is 4.05. The molecular weight excluding hydrogens is 339 g/mol. The first-order chi connectivity index (χ1) is 11.6. The average molecular weight is 364 g/mol. The maximum absolute atomic E-state index is 11.8. The lowest BCUT2D eigenvalue weighted by Gasteiger charge is -2.32. The number of esters is 1. The highest BCUT2D eigenvalue weighted by Crippen LogP contribution is 2.39. The molecule has 1 aromatic rings. The molecule has 0 bridgehead atoms. The average Bonchev–Trinajstić information content (AvgIpc) is 2.79. The first-order valence-electron chi connectivity index (χ1n) is 8.08. The monoisotopic (exact) mass is 364 g/mol. The van der Waals surface area contributed by atoms with E-state index >= 15 is 0 Å². The van der Waals surface area contributed by atoms with Gasteiger partial charge in [0.2, 0.25) is 0 Å². The summed E-state index contributed by atoms with van der Waals surface area (Å²) in [7, 11) is 2.43. The summed E-state index contributed by atoms with van der Waals surface area (Å²) < 4.78 is 22.4. The zero-order valence-corrected chi connectivity index (χ0v) is 16.5. The number of ether oxygens (including phenoxy) is 2. The highest BCUT2D eigenvalue weighted by molar-refractivity contribution is 7.80. The van der Waals surface area contributed by atoms with Gasteiger partial charge in [0.15, 0.2) is 0 Å². The van der Waals surface area contributed by atoms with Crippen molar-refractivity contribution in [2.45, 2.75) is 38.9 Å². The molecule has 1 heterocycles. The minimum absolute atomic E-state index is 0.402. The number of benzene rings is 1. The van der Waals surface area contributed by atoms with Crippen LogP contribution in [-0.2, 0) is 14.0 Å². The molecule has 0 atom stereocenters. The molecule has 1 saturated heterocycles. The standard InChI is InChI=1S/C18H25BO5S/c1-17(2)18(3,4)24-19(23-17)14(11-25)10-13-9-12(16(20)22-6)7-8-15(13)21-5/h7-10,25H,11H2,1-6H3. The maximum Gasteiger partial charge on any atom is 0.491 e. The summed E-state index contributed by atoms with van der Waals surface area (Å²) in [6.07, 6.45) is 1.89. The van der Waals surface area contributed by atoms with Crippen LogP contribution in [0.5, 0.6) is 5.75 Å². The number of carbonyl (C=O) groups is 1. The van der Waals surface area contributed by atoms with Crippen molar-refractivity contribution in [2.24, 2.45) is 0 Å². The highest BCUT2D eigenvalue weighted by Gasteiger charge is 2.52. The van der Waals surface area contributed by atoms with Gasteiger partial charge in [-0.05, 0) is 51.4 Å². The number of rotatable bonds is 5. The van der Waals surface area contributed by atoms with Gasteiger partial charge in [-0.15, -0.1) is 0 Å². The maximum atomic E-state index is 11.8. The van der Waals surface area contributed by atoms with Crippen LogP contribution < -0.4 is 4.74 Å². The van der Waals surface area contributed by atoms with Gasteiger partial charge < -0.3 is 18.8 Å². The van der Waals surface area contributed by atoms with Crippen molar-refractivity contribution in [3.05, 3.63) is 34.8 Å². The molecule has 0 N–H and O–H groups in total. The fourth-order valence-corrected chi connectivity index (χ4v) is 2.71. The van der Waals surface area contributed by atoms with Crippen LogP contribution in [0.25, 0.3) is 6.08 Å². The lowest BCUT2D eigenvalue weighted by molar-refractivity contribution is 0.00578. The Balaban J connectivity index is 2.41. The second kappa shape index (κ2) is 7.44. The molecule has 1 fully saturated rings. The van der Waals surface area contributed by atoms with Gasteiger partial charge in [-0.3, -0.25) is 0 Å². The quantitative estimate of drug-likeness (QED) is 0.493. The van der Waals surface area contributed by atoms with Crippen LogP contribution in [0, 0.1) is 0 Å². The minimum Gasteiger partial charge on any atom is -0.496 e. The largest absolute Gasteiger partial charge is 0.496 e. The molecule has 0 unspecified atom stereocenters. The third-order valence-electron chi connectivity index (χ3n) is 4.73. The van der Waals surface area contributed by atoms with Crippen LogP contribution >= 0.6 is 12.6 Å². The molecule has 1 aromatic carbocycles. The summed E-state index contributed by atoms with van der Waals surface area (Å²) >= 11 is 4.42. The summed E-state index contributed by atoms with van der Waals surface area (Å²) in [6.45, 7) is 8.01. The summed E-state index contributed by atoms with van der Waals surface area (Å²) in [5, 5.41) is 0. The van der Waals surface area contributed by atoms with Gasteiger partial charge in [0.25, 0.3) is 0 Å². The van der Waals surface area contributed by atoms with E-state index in [0.29, 0.717) is 17.1 Å². The van der Waals surface area contributed by atoms with Crippen LogP contribution in [-0.4, -0.2) is 44.3 Å². The molecule has 0 saturated carbocycles. The molecule has 136 valence electrons. The molecule has 1 aliphatic heterocycles. The lowest BCUT2D eigenvalue weighted by atomic mass is 9.78. The number of methoxy groups -OCH3 is 2. The fourth-order valence-electron chi connectivity index (χ4n) is 2.47. The van der Waals surface area contributed by atoms with Crippen molar-refractivity contribution in [1.82, 2.24) is 0 Å². The highest BCUT2D eigenvalue weighted by atomic mass is 32.1. The van der Waals surface area contributed by atoms with Crippen molar-refractivity contribution in [2.75, 3.05) is 20.0 Å². The molecule has 0 aromatic heterocycles. The van der Waals surface area contributed by atoms with Gasteiger partial charge in [-0.1, -0.05) is 6.08 Å². The topological polar surface area (TPSA) is 54.0 Å². The summed E-state index contributed by atoms with van der Waals surface area (Å²) in [4.78, 5) is 11.8. The van der Waals surface area contributed by atoms with Gasteiger partial charge in [0, 0.05) is 11.3 Å². The van der Waals surface area contributed by atoms with E-state index in [9.17, 15) is 4.79 Å². The summed E-state index contributed by atoms with van der Waals surface area (Å²) in [5.74, 6) is 0.686. The van der Waals surface area contributed by atoms with E-state index in [-0.39, 0.29) is 0 Å². The SMILES string of the molecule is COC(=O)c1ccc(OC)c(C=C(CS)B2OC(C)(C)C(C)(C)O2)c1. The van der Waals surface area contributed by atoms with Crippen molar-refractivity contribution in [3.63, 3.8) is 0 Å². The molecule has 0 aliphatic carbocycles. The Labute approximate surface area is 155 Å². The predicted octanol–water partition coefficient (Wildman–Crippen LogP) is 3.43. The molecule has 0 amide bonds. The third-order valence-corrected chi connectivity index (χ3v) is 5.10. The second-order valence-electron chi connectivity index (χ2n) is 6.91. The summed E-state index contributed by atoms with van der Waals surface area (Å²) in [6, 6.07) is 5.12. The smallest absolute Gasteiger partial charge is 0.491 e. The van der Waals surface area contributed by atoms with Crippen molar-refractivity contribution >= 4 is 31.8 Å². The van der Waals surface area contributed by atoms with E-state index in [1.807, 2.05) is 33.8 Å². The van der Waals surface area contributed by atoms with Crippen molar-refractivity contribution < 1.29 is 23.6 Å². The number of hydrogen-bond acceptors (Lipinski definition) is 6. The zero-order valence-electron chi connectivity index (χ0n) is 15.6. The lowest BCUT2D eigenvalue weighted by Crippen LogP contribution is -2.41. The van der Waals surface area contributed by atoms with Crippen LogP contribution in [0.15, 0.2) is 23.7 Å². The number of carbonyl (C=O) groups excluding carboxylic acids is 1. The fraction of sp³-hybridized carbons (Fsp3) is 0.500. The Morgan fingerprint density at radius 2 is 1.80 bits per heavy atom. The van der Waals surface area contributed by atoms with Crippen molar-refractivity contribution in [1.29, 1.82) is 0 Å². The van der Waals surface area contributed by atoms with E-state index in [1.54, 1.807) is 25.3 Å². The van der Waals surface area contributed by atoms with E-state index < -0.39 is 24.3 Å². The van der Waals surface area contributed by atoms with Crippen LogP contribution in [0.2, 0.25) is 0 Å². The Hall–Kier alpha value is -1.44. The molecule has 7 heteroatoms. The number of thiol groups is 1. The molecule has 2 rings (SSSR count). The second-order valence-corrected chi connectivity index (χ2v) is 7.23. The van der Waals surface area contributed by atoms with E-state index in [1.165, 1.54) is 7.11 Å². The van der Waals surface area contributed by atoms with E-state index in [0.717, 1.165) is 11.0 Å². The zero-order chi connectivity index (χ0) is 18.8. The molecule has 1 aliphatic rings. The first-order valence-corrected chi connectivity index (χ1v) is 8.71. The van der Waals surface area contributed by atoms with Gasteiger partial charge in [0.1, 0.15) is 5.75 Å².